The van der Waals surface area contributed by atoms with Crippen molar-refractivity contribution in [3.63, 3.8) is 0 Å². The van der Waals surface area contributed by atoms with Crippen molar-refractivity contribution in [2.24, 2.45) is 0 Å². The first-order valence-electron chi connectivity index (χ1n) is 4.97. The minimum atomic E-state index is -0.758. The highest BCUT2D eigenvalue weighted by Crippen LogP contribution is 2.34. The molecule has 0 atom stereocenters. The van der Waals surface area contributed by atoms with Gasteiger partial charge in [-0.1, -0.05) is 6.07 Å². The minimum absolute atomic E-state index is 0.0458. The number of rotatable bonds is 2. The number of ether oxygens (including phenoxy) is 2. The van der Waals surface area contributed by atoms with Crippen LogP contribution in [0.1, 0.15) is 20.0 Å². The monoisotopic (exact) mass is 268 g/mol. The Bertz CT molecular complexity index is 632. The molecule has 4 nitrogen and oxygen atoms in total. The molecule has 0 bridgehead atoms. The average molecular weight is 268 g/mol. The van der Waals surface area contributed by atoms with Crippen LogP contribution in [-0.4, -0.2) is 26.2 Å². The number of benzene rings is 1. The molecule has 94 valence electrons. The van der Waals surface area contributed by atoms with Gasteiger partial charge < -0.3 is 9.47 Å². The summed E-state index contributed by atoms with van der Waals surface area (Å²) in [6.45, 7) is 0. The van der Waals surface area contributed by atoms with E-state index in [1.54, 1.807) is 6.07 Å². The van der Waals surface area contributed by atoms with E-state index in [1.807, 2.05) is 0 Å². The van der Waals surface area contributed by atoms with Crippen LogP contribution >= 0.6 is 11.3 Å². The van der Waals surface area contributed by atoms with Crippen molar-refractivity contribution in [1.82, 2.24) is 0 Å². The topological polar surface area (TPSA) is 52.6 Å². The van der Waals surface area contributed by atoms with E-state index in [4.69, 9.17) is 0 Å². The lowest BCUT2D eigenvalue weighted by Crippen LogP contribution is -2.09. The van der Waals surface area contributed by atoms with Gasteiger partial charge in [0.2, 0.25) is 0 Å². The van der Waals surface area contributed by atoms with E-state index in [-0.39, 0.29) is 15.8 Å². The molecule has 0 saturated carbocycles. The molecular weight excluding hydrogens is 259 g/mol. The first-order chi connectivity index (χ1) is 8.60. The highest BCUT2D eigenvalue weighted by molar-refractivity contribution is 7.21. The Morgan fingerprint density at radius 3 is 2.44 bits per heavy atom. The summed E-state index contributed by atoms with van der Waals surface area (Å²) < 4.78 is 23.4. The van der Waals surface area contributed by atoms with E-state index >= 15 is 0 Å². The van der Waals surface area contributed by atoms with Crippen LogP contribution in [0.4, 0.5) is 4.39 Å². The van der Waals surface area contributed by atoms with Crippen LogP contribution < -0.4 is 0 Å². The fourth-order valence-corrected chi connectivity index (χ4v) is 2.76. The maximum atomic E-state index is 13.8. The summed E-state index contributed by atoms with van der Waals surface area (Å²) in [5, 5.41) is 0.0924. The van der Waals surface area contributed by atoms with Gasteiger partial charge in [-0.2, -0.15) is 0 Å². The van der Waals surface area contributed by atoms with Gasteiger partial charge in [-0.15, -0.1) is 11.3 Å². The van der Waals surface area contributed by atoms with Crippen LogP contribution in [0.2, 0.25) is 0 Å². The molecule has 0 spiro atoms. The molecule has 2 aromatic rings. The van der Waals surface area contributed by atoms with Gasteiger partial charge in [-0.25, -0.2) is 14.0 Å². The van der Waals surface area contributed by atoms with Crippen molar-refractivity contribution >= 4 is 33.4 Å². The number of hydrogen-bond donors (Lipinski definition) is 0. The van der Waals surface area contributed by atoms with Crippen LogP contribution in [0.5, 0.6) is 0 Å². The third kappa shape index (κ3) is 1.84. The standard InChI is InChI=1S/C12H9FO4S/c1-16-11(14)9-8-6(13)4-3-5-7(8)18-10(9)12(15)17-2/h3-5H,1-2H3. The van der Waals surface area contributed by atoms with Gasteiger partial charge in [0, 0.05) is 10.1 Å². The van der Waals surface area contributed by atoms with Crippen LogP contribution in [0.15, 0.2) is 18.2 Å². The molecule has 18 heavy (non-hydrogen) atoms. The molecule has 1 heterocycles. The van der Waals surface area contributed by atoms with Crippen molar-refractivity contribution in [3.05, 3.63) is 34.5 Å². The van der Waals surface area contributed by atoms with Crippen molar-refractivity contribution in [2.75, 3.05) is 14.2 Å². The number of methoxy groups -OCH3 is 2. The number of hydrogen-bond acceptors (Lipinski definition) is 5. The van der Waals surface area contributed by atoms with Crippen LogP contribution in [-0.2, 0) is 9.47 Å². The molecule has 0 aliphatic rings. The molecule has 0 saturated heterocycles. The number of fused-ring (bicyclic) bond motifs is 1. The van der Waals surface area contributed by atoms with E-state index < -0.39 is 17.8 Å². The van der Waals surface area contributed by atoms with Crippen LogP contribution in [0.3, 0.4) is 0 Å². The fraction of sp³-hybridized carbons (Fsp3) is 0.167. The molecule has 0 aliphatic heterocycles. The second-order valence-corrected chi connectivity index (χ2v) is 4.45. The van der Waals surface area contributed by atoms with Gasteiger partial charge in [-0.05, 0) is 12.1 Å². The summed E-state index contributed by atoms with van der Waals surface area (Å²) in [6.07, 6.45) is 0. The van der Waals surface area contributed by atoms with Gasteiger partial charge in [-0.3, -0.25) is 0 Å². The lowest BCUT2D eigenvalue weighted by Gasteiger charge is -2.01. The first-order valence-corrected chi connectivity index (χ1v) is 5.79. The SMILES string of the molecule is COC(=O)c1sc2cccc(F)c2c1C(=O)OC. The van der Waals surface area contributed by atoms with Gasteiger partial charge in [0.25, 0.3) is 0 Å². The van der Waals surface area contributed by atoms with E-state index in [2.05, 4.69) is 9.47 Å². The summed E-state index contributed by atoms with van der Waals surface area (Å²) in [5.74, 6) is -2.01. The largest absolute Gasteiger partial charge is 0.465 e. The molecule has 0 aliphatic carbocycles. The fourth-order valence-electron chi connectivity index (χ4n) is 1.64. The minimum Gasteiger partial charge on any atom is -0.465 e. The van der Waals surface area contributed by atoms with Gasteiger partial charge in [0.15, 0.2) is 0 Å². The Morgan fingerprint density at radius 2 is 1.83 bits per heavy atom. The number of thiophene rings is 1. The quantitative estimate of drug-likeness (QED) is 0.786. The second-order valence-electron chi connectivity index (χ2n) is 3.40. The molecule has 0 fully saturated rings. The Balaban J connectivity index is 2.82. The molecule has 1 aromatic heterocycles. The molecule has 0 N–H and O–H groups in total. The van der Waals surface area contributed by atoms with E-state index in [1.165, 1.54) is 26.4 Å². The van der Waals surface area contributed by atoms with Crippen molar-refractivity contribution in [2.45, 2.75) is 0 Å². The lowest BCUT2D eigenvalue weighted by atomic mass is 10.1. The summed E-state index contributed by atoms with van der Waals surface area (Å²) >= 11 is 0.999. The van der Waals surface area contributed by atoms with Gasteiger partial charge in [0.05, 0.1) is 19.8 Å². The molecule has 6 heteroatoms. The molecular formula is C12H9FO4S. The Hall–Kier alpha value is -1.95. The Labute approximate surface area is 106 Å². The zero-order valence-corrected chi connectivity index (χ0v) is 10.5. The van der Waals surface area contributed by atoms with Crippen LogP contribution in [0, 0.1) is 5.82 Å². The Kier molecular flexibility index (Phi) is 3.29. The maximum absolute atomic E-state index is 13.8. The lowest BCUT2D eigenvalue weighted by molar-refractivity contribution is 0.0561. The second kappa shape index (κ2) is 4.73. The van der Waals surface area contributed by atoms with Crippen LogP contribution in [0.25, 0.3) is 10.1 Å². The number of halogens is 1. The van der Waals surface area contributed by atoms with Gasteiger partial charge >= 0.3 is 11.9 Å². The van der Waals surface area contributed by atoms with Gasteiger partial charge in [0.1, 0.15) is 10.7 Å². The predicted molar refractivity (Wildman–Crippen MR) is 64.5 cm³/mol. The zero-order chi connectivity index (χ0) is 13.3. The van der Waals surface area contributed by atoms with Crippen molar-refractivity contribution in [1.29, 1.82) is 0 Å². The molecule has 0 radical (unpaired) electrons. The van der Waals surface area contributed by atoms with Crippen molar-refractivity contribution < 1.29 is 23.5 Å². The van der Waals surface area contributed by atoms with E-state index in [0.29, 0.717) is 4.70 Å². The Morgan fingerprint density at radius 1 is 1.17 bits per heavy atom. The first kappa shape index (κ1) is 12.5. The third-order valence-electron chi connectivity index (χ3n) is 2.42. The normalized spacial score (nSPS) is 10.4. The number of esters is 2. The molecule has 0 amide bonds. The van der Waals surface area contributed by atoms with E-state index in [9.17, 15) is 14.0 Å². The van der Waals surface area contributed by atoms with Crippen molar-refractivity contribution in [3.8, 4) is 0 Å². The predicted octanol–water partition coefficient (Wildman–Crippen LogP) is 2.61. The molecule has 1 aromatic carbocycles. The summed E-state index contributed by atoms with van der Waals surface area (Å²) in [6, 6.07) is 4.36. The molecule has 2 rings (SSSR count). The summed E-state index contributed by atoms with van der Waals surface area (Å²) in [5.41, 5.74) is -0.0811. The average Bonchev–Trinajstić information content (AvgIpc) is 2.77. The van der Waals surface area contributed by atoms with E-state index in [0.717, 1.165) is 11.3 Å². The number of carbonyl (C=O) groups excluding carboxylic acids is 2. The highest BCUT2D eigenvalue weighted by atomic mass is 32.1. The summed E-state index contributed by atoms with van der Waals surface area (Å²) in [7, 11) is 2.37. The highest BCUT2D eigenvalue weighted by Gasteiger charge is 2.26. The maximum Gasteiger partial charge on any atom is 0.348 e. The third-order valence-corrected chi connectivity index (χ3v) is 3.56. The molecule has 0 unspecified atom stereocenters. The smallest absolute Gasteiger partial charge is 0.348 e. The zero-order valence-electron chi connectivity index (χ0n) is 9.65. The number of carbonyl (C=O) groups is 2. The summed E-state index contributed by atoms with van der Waals surface area (Å²) in [4.78, 5) is 23.3.